The van der Waals surface area contributed by atoms with Gasteiger partial charge in [0.2, 0.25) is 15.9 Å². The molecule has 1 amide bonds. The predicted octanol–water partition coefficient (Wildman–Crippen LogP) is -0.231. The first-order chi connectivity index (χ1) is 21.2. The molecule has 3 aromatic rings. The molecule has 0 saturated carbocycles. The number of rotatable bonds is 13. The average Bonchev–Trinajstić information content (AvgIpc) is 3.55. The number of amides is 1. The van der Waals surface area contributed by atoms with Crippen LogP contribution in [0.3, 0.4) is 0 Å². The van der Waals surface area contributed by atoms with Crippen LogP contribution in [-0.4, -0.2) is 70.7 Å². The summed E-state index contributed by atoms with van der Waals surface area (Å²) in [4.78, 5) is 22.6. The van der Waals surface area contributed by atoms with Crippen LogP contribution in [0.1, 0.15) is 58.1 Å². The van der Waals surface area contributed by atoms with Gasteiger partial charge in [0.15, 0.2) is 0 Å². The molecule has 0 aliphatic carbocycles. The van der Waals surface area contributed by atoms with Gasteiger partial charge in [-0.3, -0.25) is 4.79 Å². The molecule has 10 nitrogen and oxygen atoms in total. The fraction of sp³-hybridized carbons (Fsp3) is 0.438. The van der Waals surface area contributed by atoms with E-state index in [0.29, 0.717) is 28.9 Å². The molecule has 3 N–H and O–H groups in total. The smallest absolute Gasteiger partial charge is 0.550 e. The number of carboxylic acid groups (broad SMARTS) is 1. The van der Waals surface area contributed by atoms with E-state index >= 15 is 0 Å². The molecule has 14 heteroatoms. The van der Waals surface area contributed by atoms with Crippen molar-refractivity contribution in [2.45, 2.75) is 82.1 Å². The Labute approximate surface area is 289 Å². The maximum atomic E-state index is 14.6. The van der Waals surface area contributed by atoms with Crippen LogP contribution in [-0.2, 0) is 26.2 Å². The number of aromatic nitrogens is 1. The van der Waals surface area contributed by atoms with Gasteiger partial charge < -0.3 is 30.0 Å². The Balaban J connectivity index is 0.00000576. The van der Waals surface area contributed by atoms with Crippen LogP contribution in [0.2, 0.25) is 0 Å². The predicted molar refractivity (Wildman–Crippen MR) is 161 cm³/mol. The Hall–Kier alpha value is -2.65. The normalized spacial score (nSPS) is 16.7. The maximum Gasteiger partial charge on any atom is 1.00 e. The number of carbonyl (C=O) groups is 2. The van der Waals surface area contributed by atoms with Gasteiger partial charge in [-0.15, -0.1) is 0 Å². The van der Waals surface area contributed by atoms with Crippen LogP contribution in [0.25, 0.3) is 22.4 Å². The molecular weight excluding hydrogens is 631 g/mol. The van der Waals surface area contributed by atoms with Gasteiger partial charge in [-0.1, -0.05) is 26.0 Å². The summed E-state index contributed by atoms with van der Waals surface area (Å²) in [6, 6.07) is 10.5. The molecule has 0 spiro atoms. The van der Waals surface area contributed by atoms with Crippen molar-refractivity contribution >= 4 is 21.9 Å². The first kappa shape index (κ1) is 37.8. The minimum Gasteiger partial charge on any atom is -0.550 e. The van der Waals surface area contributed by atoms with Crippen LogP contribution in [0.15, 0.2) is 53.4 Å². The maximum absolute atomic E-state index is 14.6. The number of aliphatic hydroxyl groups is 2. The van der Waals surface area contributed by atoms with E-state index in [0.717, 1.165) is 0 Å². The average molecular weight is 670 g/mol. The van der Waals surface area contributed by atoms with E-state index in [9.17, 15) is 42.1 Å². The summed E-state index contributed by atoms with van der Waals surface area (Å²) >= 11 is 0. The molecule has 4 rings (SSSR count). The van der Waals surface area contributed by atoms with Crippen molar-refractivity contribution in [3.05, 3.63) is 65.9 Å². The first-order valence-electron chi connectivity index (χ1n) is 14.8. The number of benzene rings is 2. The number of aliphatic carboxylic acids is 1. The van der Waals surface area contributed by atoms with E-state index in [-0.39, 0.29) is 84.4 Å². The second kappa shape index (κ2) is 16.0. The van der Waals surface area contributed by atoms with Gasteiger partial charge in [-0.05, 0) is 72.7 Å². The molecule has 1 aliphatic heterocycles. The topological polar surface area (TPSA) is 152 Å². The Morgan fingerprint density at radius 1 is 1.00 bits per heavy atom. The summed E-state index contributed by atoms with van der Waals surface area (Å²) in [6.45, 7) is 5.25. The summed E-state index contributed by atoms with van der Waals surface area (Å²) in [7, 11) is -4.24. The fourth-order valence-corrected chi connectivity index (χ4v) is 8.00. The Morgan fingerprint density at radius 3 is 2.09 bits per heavy atom. The molecule has 3 atom stereocenters. The van der Waals surface area contributed by atoms with Crippen molar-refractivity contribution in [1.29, 1.82) is 0 Å². The summed E-state index contributed by atoms with van der Waals surface area (Å²) in [5.74, 6) is -3.15. The molecule has 3 unspecified atom stereocenters. The van der Waals surface area contributed by atoms with Crippen molar-refractivity contribution in [2.75, 3.05) is 13.1 Å². The zero-order chi connectivity index (χ0) is 33.1. The quantitative estimate of drug-likeness (QED) is 0.213. The zero-order valence-corrected chi connectivity index (χ0v) is 29.2. The Morgan fingerprint density at radius 2 is 1.57 bits per heavy atom. The number of nitrogens with one attached hydrogen (secondary N) is 1. The molecular formula is C32H38F2N3NaO7S. The molecule has 1 saturated heterocycles. The van der Waals surface area contributed by atoms with Crippen LogP contribution >= 0.6 is 0 Å². The van der Waals surface area contributed by atoms with Crippen LogP contribution < -0.4 is 40.0 Å². The third-order valence-corrected chi connectivity index (χ3v) is 9.78. The van der Waals surface area contributed by atoms with Crippen molar-refractivity contribution in [1.82, 2.24) is 14.2 Å². The molecule has 1 aromatic heterocycles. The second-order valence-corrected chi connectivity index (χ2v) is 13.6. The van der Waals surface area contributed by atoms with Gasteiger partial charge in [-0.25, -0.2) is 17.2 Å². The van der Waals surface area contributed by atoms with E-state index in [2.05, 4.69) is 5.32 Å². The monoisotopic (exact) mass is 669 g/mol. The van der Waals surface area contributed by atoms with E-state index < -0.39 is 52.2 Å². The summed E-state index contributed by atoms with van der Waals surface area (Å²) < 4.78 is 60.5. The van der Waals surface area contributed by atoms with Crippen molar-refractivity contribution in [3.63, 3.8) is 0 Å². The fourth-order valence-electron chi connectivity index (χ4n) is 5.94. The van der Waals surface area contributed by atoms with Gasteiger partial charge in [0.1, 0.15) is 16.5 Å². The van der Waals surface area contributed by atoms with Gasteiger partial charge in [0, 0.05) is 56.2 Å². The van der Waals surface area contributed by atoms with E-state index in [1.165, 1.54) is 59.8 Å². The van der Waals surface area contributed by atoms with Crippen molar-refractivity contribution in [3.8, 4) is 22.4 Å². The molecule has 2 aromatic carbocycles. The molecule has 2 heterocycles. The molecule has 0 radical (unpaired) electrons. The van der Waals surface area contributed by atoms with Gasteiger partial charge in [-0.2, -0.15) is 4.31 Å². The minimum atomic E-state index is -4.24. The number of sulfonamides is 1. The van der Waals surface area contributed by atoms with E-state index in [1.54, 1.807) is 4.57 Å². The van der Waals surface area contributed by atoms with Gasteiger partial charge in [0.25, 0.3) is 0 Å². The minimum absolute atomic E-state index is 0. The Kier molecular flexibility index (Phi) is 13.1. The number of aliphatic hydroxyl groups excluding tert-OH is 2. The first-order valence-corrected chi connectivity index (χ1v) is 16.2. The van der Waals surface area contributed by atoms with Gasteiger partial charge >= 0.3 is 29.6 Å². The number of carbonyl (C=O) groups excluding carboxylic acids is 2. The van der Waals surface area contributed by atoms with Gasteiger partial charge in [0.05, 0.1) is 17.9 Å². The summed E-state index contributed by atoms with van der Waals surface area (Å²) in [5.41, 5.74) is 1.96. The number of halogens is 2. The largest absolute Gasteiger partial charge is 1.00 e. The molecule has 244 valence electrons. The summed E-state index contributed by atoms with van der Waals surface area (Å²) in [5, 5.41) is 34.5. The molecule has 46 heavy (non-hydrogen) atoms. The second-order valence-electron chi connectivity index (χ2n) is 11.7. The Bertz CT molecular complexity index is 1630. The van der Waals surface area contributed by atoms with E-state index in [4.69, 9.17) is 0 Å². The third kappa shape index (κ3) is 8.82. The molecule has 1 fully saturated rings. The SMILES string of the molecule is CC(=O)NC1CCN(S(=O)(=O)c2c(-c3ccc(F)cc3)c(-c3ccc(F)cc3)n(CCC(O)CC(O)CC(=O)[O-])c2C(C)C)C1.[Na+]. The van der Waals surface area contributed by atoms with Crippen molar-refractivity contribution < 1.29 is 71.7 Å². The molecule has 0 bridgehead atoms. The van der Waals surface area contributed by atoms with E-state index in [1.807, 2.05) is 13.8 Å². The van der Waals surface area contributed by atoms with Crippen LogP contribution in [0.4, 0.5) is 8.78 Å². The number of nitrogens with zero attached hydrogens (tertiary/aromatic N) is 2. The summed E-state index contributed by atoms with van der Waals surface area (Å²) in [6.07, 6.45) is -2.95. The van der Waals surface area contributed by atoms with Crippen molar-refractivity contribution in [2.24, 2.45) is 0 Å². The number of carboxylic acids is 1. The number of hydrogen-bond acceptors (Lipinski definition) is 7. The number of hydrogen-bond donors (Lipinski definition) is 3. The zero-order valence-electron chi connectivity index (χ0n) is 26.4. The van der Waals surface area contributed by atoms with Crippen LogP contribution in [0.5, 0.6) is 0 Å². The standard InChI is InChI=1S/C32H39F2N3O7S.Na/c1-19(2)30-32(45(43,44)36-14-12-25(18-36)35-20(3)38)29(21-4-8-23(33)9-5-21)31(22-6-10-24(34)11-7-22)37(30)15-13-26(39)16-27(40)17-28(41)42;/h4-11,19,25-27,39-40H,12-18H2,1-3H3,(H,35,38)(H,41,42);/q;+1/p-1. The van der Waals surface area contributed by atoms with Crippen LogP contribution in [0, 0.1) is 11.6 Å². The molecule has 1 aliphatic rings. The third-order valence-electron chi connectivity index (χ3n) is 7.84.